The van der Waals surface area contributed by atoms with Crippen LogP contribution in [0.2, 0.25) is 0 Å². The molecule has 8 heteroatoms. The van der Waals surface area contributed by atoms with Gasteiger partial charge in [0.15, 0.2) is 0 Å². The Morgan fingerprint density at radius 1 is 1.11 bits per heavy atom. The Hall–Kier alpha value is -3.65. The highest BCUT2D eigenvalue weighted by molar-refractivity contribution is 6.08. The molecule has 1 aliphatic rings. The lowest BCUT2D eigenvalue weighted by Gasteiger charge is -2.27. The van der Waals surface area contributed by atoms with Crippen molar-refractivity contribution in [3.8, 4) is 5.75 Å². The Balaban J connectivity index is 1.44. The molecule has 1 N–H and O–H groups in total. The number of amides is 2. The van der Waals surface area contributed by atoms with Gasteiger partial charge >= 0.3 is 0 Å². The van der Waals surface area contributed by atoms with Gasteiger partial charge in [-0.2, -0.15) is 5.10 Å². The Kier molecular flexibility index (Phi) is 7.82. The molecule has 8 nitrogen and oxygen atoms in total. The van der Waals surface area contributed by atoms with Gasteiger partial charge in [0, 0.05) is 25.2 Å². The van der Waals surface area contributed by atoms with Gasteiger partial charge in [0.05, 0.1) is 25.1 Å². The molecule has 0 spiro atoms. The lowest BCUT2D eigenvalue weighted by atomic mass is 10.0. The van der Waals surface area contributed by atoms with Crippen molar-refractivity contribution in [2.75, 3.05) is 31.6 Å². The van der Waals surface area contributed by atoms with E-state index in [-0.39, 0.29) is 11.8 Å². The normalized spacial score (nSPS) is 13.7. The fourth-order valence-electron chi connectivity index (χ4n) is 3.97. The van der Waals surface area contributed by atoms with Gasteiger partial charge in [0.2, 0.25) is 0 Å². The van der Waals surface area contributed by atoms with Crippen molar-refractivity contribution in [1.29, 1.82) is 0 Å². The van der Waals surface area contributed by atoms with Crippen molar-refractivity contribution in [3.63, 3.8) is 0 Å². The van der Waals surface area contributed by atoms with E-state index in [1.54, 1.807) is 21.7 Å². The molecular formula is C27H32N4O4. The molecule has 0 aliphatic carbocycles. The molecule has 0 unspecified atom stereocenters. The van der Waals surface area contributed by atoms with Crippen LogP contribution in [0.3, 0.4) is 0 Å². The van der Waals surface area contributed by atoms with Crippen LogP contribution in [0.25, 0.3) is 0 Å². The third-order valence-corrected chi connectivity index (χ3v) is 6.03. The summed E-state index contributed by atoms with van der Waals surface area (Å²) < 4.78 is 12.9. The number of rotatable bonds is 8. The first kappa shape index (κ1) is 24.5. The average Bonchev–Trinajstić information content (AvgIpc) is 3.30. The molecule has 1 aromatic heterocycles. The zero-order valence-electron chi connectivity index (χ0n) is 20.5. The number of hydrogen-bond donors (Lipinski definition) is 1. The van der Waals surface area contributed by atoms with Crippen LogP contribution in [0.5, 0.6) is 5.75 Å². The molecule has 1 saturated heterocycles. The van der Waals surface area contributed by atoms with Crippen LogP contribution < -0.4 is 10.1 Å². The largest absolute Gasteiger partial charge is 0.489 e. The van der Waals surface area contributed by atoms with Crippen molar-refractivity contribution in [2.24, 2.45) is 0 Å². The molecule has 0 atom stereocenters. The van der Waals surface area contributed by atoms with Crippen LogP contribution in [-0.2, 0) is 17.9 Å². The van der Waals surface area contributed by atoms with Gasteiger partial charge in [-0.05, 0) is 48.2 Å². The Bertz CT molecular complexity index is 1160. The molecule has 4 rings (SSSR count). The minimum absolute atomic E-state index is 0.159. The molecule has 0 radical (unpaired) electrons. The van der Waals surface area contributed by atoms with Crippen LogP contribution in [0.15, 0.2) is 54.7 Å². The minimum Gasteiger partial charge on any atom is -0.489 e. The highest BCUT2D eigenvalue weighted by Crippen LogP contribution is 2.21. The van der Waals surface area contributed by atoms with E-state index < -0.39 is 0 Å². The SMILES string of the molecule is CCn1ncc(NC(=O)c2cccc(COc3ccc(C(C)C)cc3)c2)c1C(=O)N1CCOCC1. The summed E-state index contributed by atoms with van der Waals surface area (Å²) in [6.45, 7) is 9.13. The molecule has 1 fully saturated rings. The van der Waals surface area contributed by atoms with Crippen molar-refractivity contribution in [1.82, 2.24) is 14.7 Å². The van der Waals surface area contributed by atoms with Crippen molar-refractivity contribution in [3.05, 3.63) is 77.1 Å². The Labute approximate surface area is 205 Å². The first-order valence-electron chi connectivity index (χ1n) is 12.0. The summed E-state index contributed by atoms with van der Waals surface area (Å²) in [6, 6.07) is 15.3. The lowest BCUT2D eigenvalue weighted by Crippen LogP contribution is -2.41. The quantitative estimate of drug-likeness (QED) is 0.523. The number of anilines is 1. The van der Waals surface area contributed by atoms with Crippen LogP contribution in [-0.4, -0.2) is 52.8 Å². The van der Waals surface area contributed by atoms with Gasteiger partial charge in [-0.3, -0.25) is 14.3 Å². The summed E-state index contributed by atoms with van der Waals surface area (Å²) >= 11 is 0. The zero-order valence-corrected chi connectivity index (χ0v) is 20.5. The van der Waals surface area contributed by atoms with Crippen LogP contribution in [0, 0.1) is 0 Å². The third kappa shape index (κ3) is 5.89. The van der Waals surface area contributed by atoms with Crippen LogP contribution in [0.1, 0.15) is 58.7 Å². The van der Waals surface area contributed by atoms with E-state index in [2.05, 4.69) is 36.4 Å². The summed E-state index contributed by atoms with van der Waals surface area (Å²) in [4.78, 5) is 27.9. The predicted octanol–water partition coefficient (Wildman–Crippen LogP) is 4.33. The molecule has 35 heavy (non-hydrogen) atoms. The summed E-state index contributed by atoms with van der Waals surface area (Å²) in [5, 5.41) is 7.18. The molecule has 184 valence electrons. The van der Waals surface area contributed by atoms with E-state index >= 15 is 0 Å². The molecule has 2 aromatic carbocycles. The topological polar surface area (TPSA) is 85.7 Å². The molecule has 0 bridgehead atoms. The third-order valence-electron chi connectivity index (χ3n) is 6.03. The number of aryl methyl sites for hydroxylation is 1. The number of aromatic nitrogens is 2. The van der Waals surface area contributed by atoms with E-state index in [1.807, 2.05) is 31.2 Å². The summed E-state index contributed by atoms with van der Waals surface area (Å²) in [5.74, 6) is 0.782. The first-order chi connectivity index (χ1) is 17.0. The highest BCUT2D eigenvalue weighted by Gasteiger charge is 2.26. The average molecular weight is 477 g/mol. The van der Waals surface area contributed by atoms with Gasteiger partial charge in [0.1, 0.15) is 18.1 Å². The number of carbonyl (C=O) groups is 2. The standard InChI is InChI=1S/C27H32N4O4/c1-4-31-25(27(33)30-12-14-34-15-13-30)24(17-28-31)29-26(32)22-7-5-6-20(16-22)18-35-23-10-8-21(9-11-23)19(2)3/h5-11,16-17,19H,4,12-15,18H2,1-3H3,(H,29,32). The molecule has 1 aliphatic heterocycles. The zero-order chi connectivity index (χ0) is 24.8. The fourth-order valence-corrected chi connectivity index (χ4v) is 3.97. The highest BCUT2D eigenvalue weighted by atomic mass is 16.5. The maximum Gasteiger partial charge on any atom is 0.274 e. The van der Waals surface area contributed by atoms with Crippen LogP contribution >= 0.6 is 0 Å². The van der Waals surface area contributed by atoms with Gasteiger partial charge in [-0.25, -0.2) is 0 Å². The van der Waals surface area contributed by atoms with E-state index in [0.29, 0.717) is 62.3 Å². The van der Waals surface area contributed by atoms with Gasteiger partial charge in [-0.1, -0.05) is 38.1 Å². The van der Waals surface area contributed by atoms with Gasteiger partial charge < -0.3 is 19.7 Å². The van der Waals surface area contributed by atoms with Crippen molar-refractivity contribution in [2.45, 2.75) is 39.8 Å². The molecule has 3 aromatic rings. The first-order valence-corrected chi connectivity index (χ1v) is 12.0. The number of benzene rings is 2. The predicted molar refractivity (Wildman–Crippen MR) is 134 cm³/mol. The number of carbonyl (C=O) groups excluding carboxylic acids is 2. The number of ether oxygens (including phenoxy) is 2. The maximum atomic E-state index is 13.2. The molecule has 2 heterocycles. The van der Waals surface area contributed by atoms with Crippen LogP contribution in [0.4, 0.5) is 5.69 Å². The minimum atomic E-state index is -0.306. The number of morpholine rings is 1. The van der Waals surface area contributed by atoms with Crippen molar-refractivity contribution >= 4 is 17.5 Å². The second kappa shape index (κ2) is 11.2. The molecule has 2 amide bonds. The molecule has 0 saturated carbocycles. The Morgan fingerprint density at radius 2 is 1.86 bits per heavy atom. The number of nitrogens with one attached hydrogen (secondary N) is 1. The summed E-state index contributed by atoms with van der Waals surface area (Å²) in [5.41, 5.74) is 3.40. The number of nitrogens with zero attached hydrogens (tertiary/aromatic N) is 3. The van der Waals surface area contributed by atoms with Gasteiger partial charge in [0.25, 0.3) is 11.8 Å². The van der Waals surface area contributed by atoms with Gasteiger partial charge in [-0.15, -0.1) is 0 Å². The second-order valence-electron chi connectivity index (χ2n) is 8.79. The van der Waals surface area contributed by atoms with E-state index in [9.17, 15) is 9.59 Å². The Morgan fingerprint density at radius 3 is 2.54 bits per heavy atom. The van der Waals surface area contributed by atoms with Crippen molar-refractivity contribution < 1.29 is 19.1 Å². The lowest BCUT2D eigenvalue weighted by molar-refractivity contribution is 0.0295. The number of hydrogen-bond acceptors (Lipinski definition) is 5. The van der Waals surface area contributed by atoms with E-state index in [0.717, 1.165) is 11.3 Å². The maximum absolute atomic E-state index is 13.2. The monoisotopic (exact) mass is 476 g/mol. The van der Waals surface area contributed by atoms with E-state index in [1.165, 1.54) is 11.8 Å². The summed E-state index contributed by atoms with van der Waals surface area (Å²) in [6.07, 6.45) is 1.53. The van der Waals surface area contributed by atoms with E-state index in [4.69, 9.17) is 9.47 Å². The fraction of sp³-hybridized carbons (Fsp3) is 0.370. The molecular weight excluding hydrogens is 444 g/mol. The summed E-state index contributed by atoms with van der Waals surface area (Å²) in [7, 11) is 0. The second-order valence-corrected chi connectivity index (χ2v) is 8.79. The smallest absolute Gasteiger partial charge is 0.274 e.